The lowest BCUT2D eigenvalue weighted by atomic mass is 10.2. The van der Waals surface area contributed by atoms with Crippen molar-refractivity contribution in [3.63, 3.8) is 0 Å². The normalized spacial score (nSPS) is 14.7. The van der Waals surface area contributed by atoms with Gasteiger partial charge in [0.2, 0.25) is 16.0 Å². The summed E-state index contributed by atoms with van der Waals surface area (Å²) in [6, 6.07) is 5.15. The molecule has 0 fully saturated rings. The van der Waals surface area contributed by atoms with Gasteiger partial charge in [-0.3, -0.25) is 19.7 Å². The van der Waals surface area contributed by atoms with Gasteiger partial charge in [-0.15, -0.1) is 0 Å². The fourth-order valence-electron chi connectivity index (χ4n) is 2.28. The number of benzene rings is 1. The van der Waals surface area contributed by atoms with Crippen molar-refractivity contribution in [1.29, 1.82) is 0 Å². The number of unbranched alkanes of at least 4 members (excludes halogenated alkanes) is 1. The number of ether oxygens (including phenoxy) is 1. The molecule has 1 heterocycles. The zero-order valence-electron chi connectivity index (χ0n) is 15.5. The zero-order valence-corrected chi connectivity index (χ0v) is 16.3. The van der Waals surface area contributed by atoms with Crippen molar-refractivity contribution in [2.24, 2.45) is 4.99 Å². The Morgan fingerprint density at radius 2 is 2.11 bits per heavy atom. The predicted octanol–water partition coefficient (Wildman–Crippen LogP) is 0.647. The number of guanidine groups is 1. The number of hydrogen-bond acceptors (Lipinski definition) is 9. The number of nitro groups is 1. The first-order valence-corrected chi connectivity index (χ1v) is 10.4. The minimum Gasteiger partial charge on any atom is -0.461 e. The van der Waals surface area contributed by atoms with Crippen LogP contribution in [0.2, 0.25) is 0 Å². The molecule has 0 spiro atoms. The molecule has 2 rings (SSSR count). The summed E-state index contributed by atoms with van der Waals surface area (Å²) in [7, 11) is -3.40. The molecule has 154 valence electrons. The lowest BCUT2D eigenvalue weighted by Crippen LogP contribution is -2.51. The number of nitro benzene ring substituents is 1. The van der Waals surface area contributed by atoms with Crippen molar-refractivity contribution in [3.05, 3.63) is 39.9 Å². The Labute approximate surface area is 163 Å². The third-order valence-electron chi connectivity index (χ3n) is 3.87. The molecule has 0 bridgehead atoms. The predicted molar refractivity (Wildman–Crippen MR) is 102 cm³/mol. The molecule has 28 heavy (non-hydrogen) atoms. The largest absolute Gasteiger partial charge is 0.461 e. The van der Waals surface area contributed by atoms with Crippen LogP contribution in [0.3, 0.4) is 0 Å². The van der Waals surface area contributed by atoms with Crippen LogP contribution < -0.4 is 10.0 Å². The lowest BCUT2D eigenvalue weighted by molar-refractivity contribution is -0.384. The summed E-state index contributed by atoms with van der Waals surface area (Å²) in [5.74, 6) is -0.324. The molecule has 0 amide bonds. The molecule has 11 nitrogen and oxygen atoms in total. The van der Waals surface area contributed by atoms with E-state index in [9.17, 15) is 23.3 Å². The number of sulfonamides is 1. The maximum atomic E-state index is 11.9. The van der Waals surface area contributed by atoms with Gasteiger partial charge in [0.15, 0.2) is 0 Å². The maximum absolute atomic E-state index is 11.9. The number of rotatable bonds is 9. The van der Waals surface area contributed by atoms with Crippen LogP contribution in [0.4, 0.5) is 5.69 Å². The van der Waals surface area contributed by atoms with E-state index in [1.807, 2.05) is 11.8 Å². The molecule has 12 heteroatoms. The Morgan fingerprint density at radius 1 is 1.39 bits per heavy atom. The summed E-state index contributed by atoms with van der Waals surface area (Å²) in [5.41, 5.74) is 0.124. The number of nitrogens with zero attached hydrogens (tertiary/aromatic N) is 3. The van der Waals surface area contributed by atoms with Crippen LogP contribution >= 0.6 is 0 Å². The summed E-state index contributed by atoms with van der Waals surface area (Å²) < 4.78 is 31.2. The van der Waals surface area contributed by atoms with E-state index in [0.717, 1.165) is 6.42 Å². The number of nitrogens with one attached hydrogen (secondary N) is 2. The molecule has 0 aromatic heterocycles. The van der Waals surface area contributed by atoms with E-state index in [1.165, 1.54) is 24.3 Å². The molecule has 0 saturated heterocycles. The van der Waals surface area contributed by atoms with Gasteiger partial charge in [0.05, 0.1) is 29.6 Å². The van der Waals surface area contributed by atoms with E-state index in [-0.39, 0.29) is 36.2 Å². The van der Waals surface area contributed by atoms with Crippen LogP contribution in [0.5, 0.6) is 0 Å². The Kier molecular flexibility index (Phi) is 7.70. The number of carbonyl (C=O) groups is 1. The number of esters is 1. The van der Waals surface area contributed by atoms with Gasteiger partial charge in [0, 0.05) is 18.7 Å². The smallest absolute Gasteiger partial charge is 0.338 e. The first-order valence-electron chi connectivity index (χ1n) is 8.73. The Morgan fingerprint density at radius 3 is 2.68 bits per heavy atom. The minimum atomic E-state index is -3.40. The number of aliphatic imine (C=N–C) groups is 1. The molecule has 1 aliphatic rings. The van der Waals surface area contributed by atoms with Crippen molar-refractivity contribution in [2.75, 3.05) is 32.2 Å². The molecule has 1 aromatic rings. The second kappa shape index (κ2) is 9.99. The number of non-ortho nitro benzene ring substituents is 1. The van der Waals surface area contributed by atoms with E-state index in [0.29, 0.717) is 19.6 Å². The highest BCUT2D eigenvalue weighted by molar-refractivity contribution is 7.90. The molecule has 1 aliphatic heterocycles. The van der Waals surface area contributed by atoms with E-state index < -0.39 is 20.9 Å². The third-order valence-corrected chi connectivity index (χ3v) is 5.20. The van der Waals surface area contributed by atoms with Crippen molar-refractivity contribution in [2.45, 2.75) is 19.8 Å². The average molecular weight is 413 g/mol. The van der Waals surface area contributed by atoms with Crippen molar-refractivity contribution < 1.29 is 22.9 Å². The lowest BCUT2D eigenvalue weighted by Gasteiger charge is -2.26. The summed E-state index contributed by atoms with van der Waals surface area (Å²) in [6.07, 6.45) is 1.36. The zero-order chi connectivity index (χ0) is 20.6. The van der Waals surface area contributed by atoms with Gasteiger partial charge in [-0.25, -0.2) is 18.2 Å². The minimum absolute atomic E-state index is 0.0481. The second-order valence-corrected chi connectivity index (χ2v) is 7.93. The molecular weight excluding hydrogens is 390 g/mol. The van der Waals surface area contributed by atoms with Crippen molar-refractivity contribution >= 4 is 27.6 Å². The molecule has 0 aliphatic carbocycles. The van der Waals surface area contributed by atoms with Gasteiger partial charge < -0.3 is 10.1 Å². The monoisotopic (exact) mass is 413 g/mol. The van der Waals surface area contributed by atoms with E-state index in [2.05, 4.69) is 15.0 Å². The molecule has 0 unspecified atom stereocenters. The summed E-state index contributed by atoms with van der Waals surface area (Å²) in [4.78, 5) is 27.9. The Hall–Kier alpha value is -2.73. The second-order valence-electron chi connectivity index (χ2n) is 6.09. The molecular formula is C16H23N5O6S. The Bertz CT molecular complexity index is 824. The SMILES string of the molecule is CCCCS(=O)(=O)NC1=NCN(CCOC(=O)c2ccc([N+](=O)[O-])cc2)CN1. The van der Waals surface area contributed by atoms with Gasteiger partial charge in [-0.2, -0.15) is 0 Å². The number of hydrogen-bond donors (Lipinski definition) is 2. The van der Waals surface area contributed by atoms with Crippen LogP contribution in [0.15, 0.2) is 29.3 Å². The summed E-state index contributed by atoms with van der Waals surface area (Å²) in [5, 5.41) is 13.5. The highest BCUT2D eigenvalue weighted by Gasteiger charge is 2.17. The topological polar surface area (TPSA) is 143 Å². The van der Waals surface area contributed by atoms with Gasteiger partial charge >= 0.3 is 5.97 Å². The van der Waals surface area contributed by atoms with Crippen LogP contribution in [0, 0.1) is 10.1 Å². The van der Waals surface area contributed by atoms with Crippen molar-refractivity contribution in [3.8, 4) is 0 Å². The average Bonchev–Trinajstić information content (AvgIpc) is 2.67. The molecule has 1 aromatic carbocycles. The number of carbonyl (C=O) groups excluding carboxylic acids is 1. The van der Waals surface area contributed by atoms with Gasteiger partial charge in [0.1, 0.15) is 6.61 Å². The van der Waals surface area contributed by atoms with Gasteiger partial charge in [0.25, 0.3) is 5.69 Å². The van der Waals surface area contributed by atoms with Crippen LogP contribution in [-0.4, -0.2) is 62.4 Å². The quantitative estimate of drug-likeness (QED) is 0.341. The van der Waals surface area contributed by atoms with Crippen molar-refractivity contribution in [1.82, 2.24) is 14.9 Å². The van der Waals surface area contributed by atoms with E-state index in [4.69, 9.17) is 4.74 Å². The first-order chi connectivity index (χ1) is 13.3. The Balaban J connectivity index is 1.74. The van der Waals surface area contributed by atoms with Gasteiger partial charge in [-0.1, -0.05) is 13.3 Å². The maximum Gasteiger partial charge on any atom is 0.338 e. The first kappa shape index (κ1) is 21.6. The summed E-state index contributed by atoms with van der Waals surface area (Å²) >= 11 is 0. The highest BCUT2D eigenvalue weighted by Crippen LogP contribution is 2.12. The fraction of sp³-hybridized carbons (Fsp3) is 0.500. The van der Waals surface area contributed by atoms with Crippen LogP contribution in [-0.2, 0) is 14.8 Å². The van der Waals surface area contributed by atoms with E-state index in [1.54, 1.807) is 0 Å². The van der Waals surface area contributed by atoms with Gasteiger partial charge in [-0.05, 0) is 18.6 Å². The molecule has 2 N–H and O–H groups in total. The summed E-state index contributed by atoms with van der Waals surface area (Å²) in [6.45, 7) is 3.02. The van der Waals surface area contributed by atoms with Crippen LogP contribution in [0.25, 0.3) is 0 Å². The molecule has 0 radical (unpaired) electrons. The highest BCUT2D eigenvalue weighted by atomic mass is 32.2. The third kappa shape index (κ3) is 6.78. The molecule has 0 atom stereocenters. The fourth-order valence-corrected chi connectivity index (χ4v) is 3.49. The standard InChI is InChI=1S/C16H23N5O6S/c1-2-3-10-28(25,26)19-16-17-11-20(12-18-16)8-9-27-15(22)13-4-6-14(7-5-13)21(23)24/h4-7H,2-3,8-12H2,1H3,(H2,17,18,19). The van der Waals surface area contributed by atoms with E-state index >= 15 is 0 Å². The van der Waals surface area contributed by atoms with Crippen LogP contribution in [0.1, 0.15) is 30.1 Å². The molecule has 0 saturated carbocycles.